The van der Waals surface area contributed by atoms with Crippen molar-refractivity contribution in [3.05, 3.63) is 42.0 Å². The van der Waals surface area contributed by atoms with E-state index in [0.717, 1.165) is 11.3 Å². The second-order valence-electron chi connectivity index (χ2n) is 3.75. The highest BCUT2D eigenvalue weighted by molar-refractivity contribution is 5.86. The smallest absolute Gasteiger partial charge is 0.332 e. The second kappa shape index (κ2) is 6.70. The molecule has 92 valence electrons. The molecule has 4 nitrogen and oxygen atoms in total. The quantitative estimate of drug-likeness (QED) is 0.557. The van der Waals surface area contributed by atoms with Crippen LogP contribution in [0.15, 0.2) is 36.4 Å². The van der Waals surface area contributed by atoms with Gasteiger partial charge in [0.2, 0.25) is 0 Å². The summed E-state index contributed by atoms with van der Waals surface area (Å²) in [6.45, 7) is 6.77. The third-order valence-electron chi connectivity index (χ3n) is 2.18. The van der Waals surface area contributed by atoms with E-state index in [-0.39, 0.29) is 12.1 Å². The molecule has 0 heterocycles. The molecular weight excluding hydrogens is 218 g/mol. The van der Waals surface area contributed by atoms with Gasteiger partial charge in [-0.1, -0.05) is 18.7 Å². The molecule has 1 aromatic rings. The minimum atomic E-state index is -0.975. The van der Waals surface area contributed by atoms with Crippen LogP contribution in [0.2, 0.25) is 0 Å². The molecule has 0 radical (unpaired) electrons. The molecule has 0 aliphatic heterocycles. The van der Waals surface area contributed by atoms with Crippen LogP contribution in [-0.4, -0.2) is 30.8 Å². The van der Waals surface area contributed by atoms with E-state index >= 15 is 0 Å². The second-order valence-corrected chi connectivity index (χ2v) is 3.75. The highest BCUT2D eigenvalue weighted by Gasteiger charge is 2.02. The van der Waals surface area contributed by atoms with Crippen LogP contribution >= 0.6 is 0 Å². The van der Waals surface area contributed by atoms with Crippen molar-refractivity contribution in [1.29, 1.82) is 0 Å². The monoisotopic (exact) mass is 235 g/mol. The molecule has 0 aliphatic carbocycles. The predicted molar refractivity (Wildman–Crippen MR) is 66.3 cm³/mol. The number of aryl methyl sites for hydroxylation is 1. The van der Waals surface area contributed by atoms with Crippen LogP contribution in [0.4, 0.5) is 0 Å². The summed E-state index contributed by atoms with van der Waals surface area (Å²) in [5.41, 5.74) is 1.30. The summed E-state index contributed by atoms with van der Waals surface area (Å²) in [6, 6.07) is 7.78. The number of rotatable bonds is 7. The number of nitrogens with one attached hydrogen (secondary N) is 1. The summed E-state index contributed by atoms with van der Waals surface area (Å²) >= 11 is 0. The van der Waals surface area contributed by atoms with E-state index in [1.165, 1.54) is 0 Å². The van der Waals surface area contributed by atoms with Gasteiger partial charge < -0.3 is 15.2 Å². The average molecular weight is 235 g/mol. The molecule has 0 atom stereocenters. The zero-order valence-electron chi connectivity index (χ0n) is 9.90. The van der Waals surface area contributed by atoms with Gasteiger partial charge in [-0.15, -0.1) is 0 Å². The molecule has 0 fully saturated rings. The highest BCUT2D eigenvalue weighted by atomic mass is 16.5. The summed E-state index contributed by atoms with van der Waals surface area (Å²) in [4.78, 5) is 10.5. The fraction of sp³-hybridized carbons (Fsp3) is 0.308. The minimum Gasteiger partial charge on any atom is -0.492 e. The number of aliphatic carboxylic acids is 1. The molecule has 4 heteroatoms. The molecule has 0 bridgehead atoms. The van der Waals surface area contributed by atoms with Gasteiger partial charge in [-0.05, 0) is 24.6 Å². The van der Waals surface area contributed by atoms with Crippen LogP contribution in [0.5, 0.6) is 5.75 Å². The number of carboxylic acid groups (broad SMARTS) is 1. The molecule has 0 spiro atoms. The highest BCUT2D eigenvalue weighted by Crippen LogP contribution is 2.11. The van der Waals surface area contributed by atoms with Gasteiger partial charge in [-0.3, -0.25) is 0 Å². The largest absolute Gasteiger partial charge is 0.492 e. The van der Waals surface area contributed by atoms with Crippen molar-refractivity contribution in [2.24, 2.45) is 0 Å². The molecule has 17 heavy (non-hydrogen) atoms. The third-order valence-corrected chi connectivity index (χ3v) is 2.18. The van der Waals surface area contributed by atoms with Gasteiger partial charge in [0, 0.05) is 18.7 Å². The van der Waals surface area contributed by atoms with Gasteiger partial charge >= 0.3 is 5.97 Å². The first-order valence-corrected chi connectivity index (χ1v) is 5.41. The molecule has 0 amide bonds. The summed E-state index contributed by atoms with van der Waals surface area (Å²) < 4.78 is 5.49. The zero-order chi connectivity index (χ0) is 12.7. The minimum absolute atomic E-state index is 0.153. The number of hydrogen-bond acceptors (Lipinski definition) is 3. The number of carboxylic acids is 1. The van der Waals surface area contributed by atoms with E-state index in [0.29, 0.717) is 13.2 Å². The van der Waals surface area contributed by atoms with Crippen LogP contribution in [-0.2, 0) is 4.79 Å². The summed E-state index contributed by atoms with van der Waals surface area (Å²) in [5, 5.41) is 11.5. The number of hydrogen-bond donors (Lipinski definition) is 2. The molecule has 0 unspecified atom stereocenters. The van der Waals surface area contributed by atoms with E-state index in [1.807, 2.05) is 31.2 Å². The fourth-order valence-corrected chi connectivity index (χ4v) is 1.26. The standard InChI is InChI=1S/C13H17NO3/c1-10-4-3-5-12(8-10)17-7-6-14-9-11(2)13(15)16/h3-5,8,14H,2,6-7,9H2,1H3,(H,15,16). The van der Waals surface area contributed by atoms with Crippen molar-refractivity contribution in [1.82, 2.24) is 5.32 Å². The molecule has 0 saturated heterocycles. The predicted octanol–water partition coefficient (Wildman–Crippen LogP) is 1.60. The Morgan fingerprint density at radius 1 is 1.53 bits per heavy atom. The normalized spacial score (nSPS) is 9.94. The molecule has 0 saturated carbocycles. The SMILES string of the molecule is C=C(CNCCOc1cccc(C)c1)C(=O)O. The van der Waals surface area contributed by atoms with Gasteiger partial charge in [0.1, 0.15) is 12.4 Å². The Balaban J connectivity index is 2.16. The first kappa shape index (κ1) is 13.3. The van der Waals surface area contributed by atoms with Crippen LogP contribution in [0.1, 0.15) is 5.56 Å². The first-order chi connectivity index (χ1) is 8.09. The molecule has 1 rings (SSSR count). The van der Waals surface area contributed by atoms with Gasteiger partial charge in [-0.2, -0.15) is 0 Å². The van der Waals surface area contributed by atoms with Gasteiger partial charge in [0.25, 0.3) is 0 Å². The Kier molecular flexibility index (Phi) is 5.23. The third kappa shape index (κ3) is 5.17. The Hall–Kier alpha value is -1.81. The number of ether oxygens (including phenoxy) is 1. The first-order valence-electron chi connectivity index (χ1n) is 5.41. The van der Waals surface area contributed by atoms with Gasteiger partial charge in [-0.25, -0.2) is 4.79 Å². The van der Waals surface area contributed by atoms with E-state index < -0.39 is 5.97 Å². The number of carbonyl (C=O) groups is 1. The maximum atomic E-state index is 10.5. The van der Waals surface area contributed by atoms with E-state index in [4.69, 9.17) is 9.84 Å². The molecule has 0 aliphatic rings. The molecule has 1 aromatic carbocycles. The van der Waals surface area contributed by atoms with Gasteiger partial charge in [0.05, 0.1) is 0 Å². The lowest BCUT2D eigenvalue weighted by Crippen LogP contribution is -2.25. The van der Waals surface area contributed by atoms with E-state index in [9.17, 15) is 4.79 Å². The van der Waals surface area contributed by atoms with Crippen LogP contribution < -0.4 is 10.1 Å². The van der Waals surface area contributed by atoms with Crippen molar-refractivity contribution >= 4 is 5.97 Å². The van der Waals surface area contributed by atoms with Crippen molar-refractivity contribution in [3.8, 4) is 5.75 Å². The fourth-order valence-electron chi connectivity index (χ4n) is 1.26. The lowest BCUT2D eigenvalue weighted by atomic mass is 10.2. The molecular formula is C13H17NO3. The van der Waals surface area contributed by atoms with E-state index in [2.05, 4.69) is 11.9 Å². The van der Waals surface area contributed by atoms with Crippen molar-refractivity contribution in [3.63, 3.8) is 0 Å². The Morgan fingerprint density at radius 3 is 2.94 bits per heavy atom. The Bertz CT molecular complexity index is 401. The van der Waals surface area contributed by atoms with Crippen LogP contribution in [0.25, 0.3) is 0 Å². The van der Waals surface area contributed by atoms with Crippen molar-refractivity contribution in [2.75, 3.05) is 19.7 Å². The molecule has 0 aromatic heterocycles. The zero-order valence-corrected chi connectivity index (χ0v) is 9.90. The van der Waals surface area contributed by atoms with Crippen molar-refractivity contribution in [2.45, 2.75) is 6.92 Å². The summed E-state index contributed by atoms with van der Waals surface area (Å²) in [5.74, 6) is -0.152. The maximum Gasteiger partial charge on any atom is 0.332 e. The molecule has 2 N–H and O–H groups in total. The van der Waals surface area contributed by atoms with Crippen LogP contribution in [0.3, 0.4) is 0 Å². The Labute approximate surface area is 101 Å². The topological polar surface area (TPSA) is 58.6 Å². The summed E-state index contributed by atoms with van der Waals surface area (Å²) in [7, 11) is 0. The van der Waals surface area contributed by atoms with E-state index in [1.54, 1.807) is 0 Å². The van der Waals surface area contributed by atoms with Crippen molar-refractivity contribution < 1.29 is 14.6 Å². The van der Waals surface area contributed by atoms with Crippen LogP contribution in [0, 0.1) is 6.92 Å². The summed E-state index contributed by atoms with van der Waals surface area (Å²) in [6.07, 6.45) is 0. The van der Waals surface area contributed by atoms with Gasteiger partial charge in [0.15, 0.2) is 0 Å². The number of benzene rings is 1. The maximum absolute atomic E-state index is 10.5. The lowest BCUT2D eigenvalue weighted by Gasteiger charge is -2.07. The lowest BCUT2D eigenvalue weighted by molar-refractivity contribution is -0.132. The Morgan fingerprint density at radius 2 is 2.29 bits per heavy atom. The average Bonchev–Trinajstić information content (AvgIpc) is 2.28.